The second-order valence-corrected chi connectivity index (χ2v) is 9.20. The zero-order valence-corrected chi connectivity index (χ0v) is 17.9. The van der Waals surface area contributed by atoms with E-state index in [1.165, 1.54) is 36.9 Å². The summed E-state index contributed by atoms with van der Waals surface area (Å²) in [6.07, 6.45) is 2.66. The molecule has 0 amide bonds. The van der Waals surface area contributed by atoms with Gasteiger partial charge in [-0.2, -0.15) is 0 Å². The van der Waals surface area contributed by atoms with E-state index in [0.29, 0.717) is 0 Å². The van der Waals surface area contributed by atoms with Crippen LogP contribution in [0.3, 0.4) is 0 Å². The average molecular weight is 417 g/mol. The number of thioether (sulfide) groups is 2. The molecule has 1 unspecified atom stereocenters. The lowest BCUT2D eigenvalue weighted by Gasteiger charge is -2.20. The van der Waals surface area contributed by atoms with E-state index in [0.717, 1.165) is 12.2 Å². The van der Waals surface area contributed by atoms with Gasteiger partial charge in [0.25, 0.3) is 0 Å². The molecule has 1 atom stereocenters. The number of hydrogen-bond donors (Lipinski definition) is 1. The van der Waals surface area contributed by atoms with Crippen LogP contribution < -0.4 is 0 Å². The van der Waals surface area contributed by atoms with E-state index < -0.39 is 0 Å². The molecule has 4 aromatic carbocycles. The molecule has 0 spiro atoms. The third-order valence-electron chi connectivity index (χ3n) is 5.03. The topological polar surface area (TPSA) is 20.2 Å². The third-order valence-corrected chi connectivity index (χ3v) is 7.48. The first-order valence-corrected chi connectivity index (χ1v) is 11.7. The Balaban J connectivity index is 1.77. The predicted octanol–water partition coefficient (Wildman–Crippen LogP) is 7.49. The van der Waals surface area contributed by atoms with Crippen LogP contribution in [-0.2, 0) is 0 Å². The van der Waals surface area contributed by atoms with Gasteiger partial charge in [0.05, 0.1) is 0 Å². The number of rotatable bonds is 8. The molecule has 0 bridgehead atoms. The molecule has 0 aliphatic carbocycles. The quantitative estimate of drug-likeness (QED) is 0.237. The first kappa shape index (κ1) is 20.1. The molecule has 0 radical (unpaired) electrons. The minimum atomic E-state index is 0.170. The first-order valence-electron chi connectivity index (χ1n) is 9.82. The van der Waals surface area contributed by atoms with Crippen molar-refractivity contribution in [3.63, 3.8) is 0 Å². The van der Waals surface area contributed by atoms with Crippen LogP contribution in [-0.4, -0.2) is 17.5 Å². The van der Waals surface area contributed by atoms with E-state index in [9.17, 15) is 5.11 Å². The summed E-state index contributed by atoms with van der Waals surface area (Å²) < 4.78 is 0. The highest BCUT2D eigenvalue weighted by molar-refractivity contribution is 8.00. The summed E-state index contributed by atoms with van der Waals surface area (Å²) >= 11 is 3.67. The van der Waals surface area contributed by atoms with Crippen molar-refractivity contribution in [2.75, 3.05) is 12.4 Å². The molecular formula is C26H24OS2. The van der Waals surface area contributed by atoms with Crippen LogP contribution in [0, 0.1) is 0 Å². The molecule has 1 N–H and O–H groups in total. The molecule has 0 aliphatic rings. The molecule has 0 heterocycles. The summed E-state index contributed by atoms with van der Waals surface area (Å²) in [7, 11) is 0. The summed E-state index contributed by atoms with van der Waals surface area (Å²) in [5, 5.41) is 15.1. The molecular weight excluding hydrogens is 392 g/mol. The van der Waals surface area contributed by atoms with Gasteiger partial charge in [0.15, 0.2) is 0 Å². The molecule has 4 rings (SSSR count). The average Bonchev–Trinajstić information content (AvgIpc) is 2.77. The maximum Gasteiger partial charge on any atom is 0.0444 e. The van der Waals surface area contributed by atoms with E-state index in [1.807, 2.05) is 29.6 Å². The lowest BCUT2D eigenvalue weighted by Crippen LogP contribution is -2.00. The Labute approximate surface area is 180 Å². The van der Waals surface area contributed by atoms with Crippen LogP contribution in [0.25, 0.3) is 21.5 Å². The summed E-state index contributed by atoms with van der Waals surface area (Å²) in [4.78, 5) is 2.54. The Morgan fingerprint density at radius 1 is 0.793 bits per heavy atom. The van der Waals surface area contributed by atoms with Crippen molar-refractivity contribution in [1.29, 1.82) is 0 Å². The zero-order valence-electron chi connectivity index (χ0n) is 16.3. The number of fused-ring (bicyclic) bond motifs is 2. The molecule has 4 aromatic rings. The smallest absolute Gasteiger partial charge is 0.0444 e. The maximum atomic E-state index is 9.80. The van der Waals surface area contributed by atoms with Crippen LogP contribution in [0.15, 0.2) is 101 Å². The summed E-state index contributed by atoms with van der Waals surface area (Å²) in [5.74, 6) is 0.897. The van der Waals surface area contributed by atoms with Crippen LogP contribution in [0.4, 0.5) is 0 Å². The second kappa shape index (κ2) is 9.53. The molecule has 0 fully saturated rings. The minimum absolute atomic E-state index is 0.170. The normalized spacial score (nSPS) is 12.3. The Hall–Kier alpha value is -2.20. The lowest BCUT2D eigenvalue weighted by molar-refractivity contribution is 0.287. The molecule has 0 aliphatic heterocycles. The standard InChI is InChI=1S/C26H24OS2/c1-2-18-28-24-15-14-23(21-11-5-6-12-22(21)24)26(16-17-27)29-25-13-7-9-19-8-3-4-10-20(19)25/h2-15,26-27H,1,16-18H2. The van der Waals surface area contributed by atoms with E-state index in [2.05, 4.69) is 85.4 Å². The molecule has 3 heteroatoms. The Morgan fingerprint density at radius 2 is 1.52 bits per heavy atom. The van der Waals surface area contributed by atoms with Crippen LogP contribution in [0.2, 0.25) is 0 Å². The highest BCUT2D eigenvalue weighted by Gasteiger charge is 2.18. The summed E-state index contributed by atoms with van der Waals surface area (Å²) in [6, 6.07) is 28.0. The van der Waals surface area contributed by atoms with Crippen LogP contribution in [0.1, 0.15) is 17.2 Å². The maximum absolute atomic E-state index is 9.80. The fourth-order valence-electron chi connectivity index (χ4n) is 3.70. The Bertz CT molecular complexity index is 1130. The highest BCUT2D eigenvalue weighted by Crippen LogP contribution is 2.44. The molecule has 0 aromatic heterocycles. The van der Waals surface area contributed by atoms with Gasteiger partial charge in [-0.1, -0.05) is 72.8 Å². The van der Waals surface area contributed by atoms with Gasteiger partial charge in [-0.3, -0.25) is 0 Å². The monoisotopic (exact) mass is 416 g/mol. The van der Waals surface area contributed by atoms with Gasteiger partial charge in [-0.05, 0) is 45.7 Å². The van der Waals surface area contributed by atoms with Gasteiger partial charge >= 0.3 is 0 Å². The Morgan fingerprint density at radius 3 is 2.31 bits per heavy atom. The lowest BCUT2D eigenvalue weighted by atomic mass is 10.0. The van der Waals surface area contributed by atoms with Crippen molar-refractivity contribution in [3.8, 4) is 0 Å². The zero-order chi connectivity index (χ0) is 20.1. The van der Waals surface area contributed by atoms with Crippen molar-refractivity contribution in [2.24, 2.45) is 0 Å². The van der Waals surface area contributed by atoms with Crippen molar-refractivity contribution >= 4 is 45.1 Å². The highest BCUT2D eigenvalue weighted by atomic mass is 32.2. The minimum Gasteiger partial charge on any atom is -0.396 e. The predicted molar refractivity (Wildman–Crippen MR) is 129 cm³/mol. The van der Waals surface area contributed by atoms with Gasteiger partial charge < -0.3 is 5.11 Å². The van der Waals surface area contributed by atoms with Gasteiger partial charge in [-0.15, -0.1) is 30.1 Å². The fraction of sp³-hybridized carbons (Fsp3) is 0.154. The van der Waals surface area contributed by atoms with Gasteiger partial charge in [0.1, 0.15) is 0 Å². The largest absolute Gasteiger partial charge is 0.396 e. The van der Waals surface area contributed by atoms with Crippen molar-refractivity contribution in [3.05, 3.63) is 97.1 Å². The Kier molecular flexibility index (Phi) is 6.60. The second-order valence-electron chi connectivity index (χ2n) is 6.89. The SMILES string of the molecule is C=CCSc1ccc(C(CCO)Sc2cccc3ccccc23)c2ccccc12. The van der Waals surface area contributed by atoms with Gasteiger partial charge in [0, 0.05) is 27.4 Å². The summed E-state index contributed by atoms with van der Waals surface area (Å²) in [6.45, 7) is 4.02. The van der Waals surface area contributed by atoms with E-state index in [1.54, 1.807) is 0 Å². The third kappa shape index (κ3) is 4.37. The molecule has 29 heavy (non-hydrogen) atoms. The fourth-order valence-corrected chi connectivity index (χ4v) is 5.82. The van der Waals surface area contributed by atoms with Crippen LogP contribution in [0.5, 0.6) is 0 Å². The summed E-state index contributed by atoms with van der Waals surface area (Å²) in [5.41, 5.74) is 1.29. The number of hydrogen-bond acceptors (Lipinski definition) is 3. The number of aliphatic hydroxyl groups excluding tert-OH is 1. The van der Waals surface area contributed by atoms with Crippen molar-refractivity contribution in [1.82, 2.24) is 0 Å². The number of benzene rings is 4. The molecule has 0 saturated heterocycles. The van der Waals surface area contributed by atoms with E-state index >= 15 is 0 Å². The van der Waals surface area contributed by atoms with E-state index in [-0.39, 0.29) is 11.9 Å². The first-order chi connectivity index (χ1) is 14.3. The van der Waals surface area contributed by atoms with Gasteiger partial charge in [-0.25, -0.2) is 0 Å². The van der Waals surface area contributed by atoms with Crippen molar-refractivity contribution < 1.29 is 5.11 Å². The van der Waals surface area contributed by atoms with Crippen molar-refractivity contribution in [2.45, 2.75) is 21.5 Å². The number of aliphatic hydroxyl groups is 1. The van der Waals surface area contributed by atoms with Crippen LogP contribution >= 0.6 is 23.5 Å². The molecule has 0 saturated carbocycles. The molecule has 146 valence electrons. The molecule has 1 nitrogen and oxygen atoms in total. The van der Waals surface area contributed by atoms with E-state index in [4.69, 9.17) is 0 Å². The van der Waals surface area contributed by atoms with Gasteiger partial charge in [0.2, 0.25) is 0 Å².